The molecule has 0 bridgehead atoms. The lowest BCUT2D eigenvalue weighted by Crippen LogP contribution is -2.34. The third-order valence-corrected chi connectivity index (χ3v) is 4.42. The number of amides is 1. The van der Waals surface area contributed by atoms with Gasteiger partial charge in [0.2, 0.25) is 0 Å². The summed E-state index contributed by atoms with van der Waals surface area (Å²) in [6.45, 7) is 7.92. The van der Waals surface area contributed by atoms with Crippen LogP contribution in [0.1, 0.15) is 30.7 Å². The van der Waals surface area contributed by atoms with Crippen LogP contribution in [-0.4, -0.2) is 30.7 Å². The van der Waals surface area contributed by atoms with Crippen molar-refractivity contribution in [3.8, 4) is 0 Å². The van der Waals surface area contributed by atoms with Crippen LogP contribution in [0, 0.1) is 6.92 Å². The van der Waals surface area contributed by atoms with Crippen LogP contribution in [0.25, 0.3) is 0 Å². The molecular formula is C13H20BrNO2S. The van der Waals surface area contributed by atoms with Crippen LogP contribution in [0.2, 0.25) is 0 Å². The zero-order valence-electron chi connectivity index (χ0n) is 11.2. The Kier molecular flexibility index (Phi) is 6.71. The van der Waals surface area contributed by atoms with E-state index in [9.17, 15) is 4.79 Å². The summed E-state index contributed by atoms with van der Waals surface area (Å²) in [4.78, 5) is 14.9. The van der Waals surface area contributed by atoms with Gasteiger partial charge in [0, 0.05) is 18.0 Å². The molecule has 1 aromatic rings. The molecule has 0 spiro atoms. The van der Waals surface area contributed by atoms with Crippen molar-refractivity contribution in [2.24, 2.45) is 0 Å². The van der Waals surface area contributed by atoms with Gasteiger partial charge in [0.1, 0.15) is 0 Å². The molecule has 0 saturated carbocycles. The third-order valence-electron chi connectivity index (χ3n) is 2.62. The van der Waals surface area contributed by atoms with E-state index in [0.29, 0.717) is 6.61 Å². The molecule has 0 N–H and O–H groups in total. The highest BCUT2D eigenvalue weighted by molar-refractivity contribution is 9.11. The zero-order valence-corrected chi connectivity index (χ0v) is 13.6. The van der Waals surface area contributed by atoms with E-state index in [2.05, 4.69) is 35.8 Å². The largest absolute Gasteiger partial charge is 0.450 e. The van der Waals surface area contributed by atoms with Crippen LogP contribution in [0.15, 0.2) is 9.85 Å². The molecule has 0 aliphatic rings. The van der Waals surface area contributed by atoms with Gasteiger partial charge in [0.25, 0.3) is 0 Å². The topological polar surface area (TPSA) is 29.5 Å². The molecule has 102 valence electrons. The Morgan fingerprint density at radius 1 is 1.44 bits per heavy atom. The fourth-order valence-electron chi connectivity index (χ4n) is 1.74. The molecule has 1 amide bonds. The third kappa shape index (κ3) is 4.61. The monoisotopic (exact) mass is 333 g/mol. The number of rotatable bonds is 6. The fraction of sp³-hybridized carbons (Fsp3) is 0.615. The summed E-state index contributed by atoms with van der Waals surface area (Å²) in [5.74, 6) is 0. The highest BCUT2D eigenvalue weighted by atomic mass is 79.9. The number of carbonyl (C=O) groups excluding carboxylic acids is 1. The van der Waals surface area contributed by atoms with Crippen LogP contribution in [0.3, 0.4) is 0 Å². The molecule has 3 nitrogen and oxygen atoms in total. The van der Waals surface area contributed by atoms with Gasteiger partial charge in [0.15, 0.2) is 0 Å². The first kappa shape index (κ1) is 15.5. The summed E-state index contributed by atoms with van der Waals surface area (Å²) in [7, 11) is 0. The SMILES string of the molecule is CCCN(CCc1sc(Br)cc1C)C(=O)OCC. The van der Waals surface area contributed by atoms with Crippen molar-refractivity contribution in [1.82, 2.24) is 4.90 Å². The smallest absolute Gasteiger partial charge is 0.409 e. The van der Waals surface area contributed by atoms with E-state index in [1.165, 1.54) is 10.4 Å². The second-order valence-corrected chi connectivity index (χ2v) is 6.61. The maximum Gasteiger partial charge on any atom is 0.409 e. The average Bonchev–Trinajstić information content (AvgIpc) is 2.63. The summed E-state index contributed by atoms with van der Waals surface area (Å²) >= 11 is 5.23. The van der Waals surface area contributed by atoms with Crippen molar-refractivity contribution in [1.29, 1.82) is 0 Å². The van der Waals surface area contributed by atoms with Crippen LogP contribution >= 0.6 is 27.3 Å². The standard InChI is InChI=1S/C13H20BrNO2S/c1-4-7-15(13(16)17-5-2)8-6-11-10(3)9-12(14)18-11/h9H,4-8H2,1-3H3. The highest BCUT2D eigenvalue weighted by Gasteiger charge is 2.14. The Morgan fingerprint density at radius 2 is 2.17 bits per heavy atom. The molecule has 0 aromatic carbocycles. The van der Waals surface area contributed by atoms with Gasteiger partial charge in [-0.3, -0.25) is 0 Å². The Morgan fingerprint density at radius 3 is 2.67 bits per heavy atom. The maximum atomic E-state index is 11.7. The number of hydrogen-bond acceptors (Lipinski definition) is 3. The minimum absolute atomic E-state index is 0.201. The number of nitrogens with zero attached hydrogens (tertiary/aromatic N) is 1. The van der Waals surface area contributed by atoms with Crippen LogP contribution in [0.5, 0.6) is 0 Å². The first-order valence-electron chi connectivity index (χ1n) is 6.25. The van der Waals surface area contributed by atoms with Crippen molar-refractivity contribution in [2.45, 2.75) is 33.6 Å². The fourth-order valence-corrected chi connectivity index (χ4v) is 3.56. The van der Waals surface area contributed by atoms with Gasteiger partial charge < -0.3 is 9.64 Å². The number of thiophene rings is 1. The first-order valence-corrected chi connectivity index (χ1v) is 7.85. The molecule has 0 fully saturated rings. The molecule has 1 heterocycles. The maximum absolute atomic E-state index is 11.7. The predicted octanol–water partition coefficient (Wildman–Crippen LogP) is 4.23. The van der Waals surface area contributed by atoms with Crippen LogP contribution in [0.4, 0.5) is 4.79 Å². The molecule has 1 aromatic heterocycles. The molecule has 0 aliphatic heterocycles. The van der Waals surface area contributed by atoms with E-state index >= 15 is 0 Å². The minimum atomic E-state index is -0.201. The summed E-state index contributed by atoms with van der Waals surface area (Å²) in [5, 5.41) is 0. The normalized spacial score (nSPS) is 10.4. The highest BCUT2D eigenvalue weighted by Crippen LogP contribution is 2.27. The second kappa shape index (κ2) is 7.79. The molecule has 0 unspecified atom stereocenters. The average molecular weight is 334 g/mol. The molecule has 5 heteroatoms. The molecule has 0 atom stereocenters. The molecular weight excluding hydrogens is 314 g/mol. The summed E-state index contributed by atoms with van der Waals surface area (Å²) in [6.07, 6.45) is 1.64. The number of halogens is 1. The molecule has 0 saturated heterocycles. The van der Waals surface area contributed by atoms with Gasteiger partial charge in [-0.05, 0) is 54.2 Å². The van der Waals surface area contributed by atoms with Crippen molar-refractivity contribution in [2.75, 3.05) is 19.7 Å². The molecule has 0 radical (unpaired) electrons. The molecule has 1 rings (SSSR count). The van der Waals surface area contributed by atoms with Gasteiger partial charge >= 0.3 is 6.09 Å². The summed E-state index contributed by atoms with van der Waals surface area (Å²) in [6, 6.07) is 2.12. The van der Waals surface area contributed by atoms with Crippen LogP contribution in [-0.2, 0) is 11.2 Å². The number of aryl methyl sites for hydroxylation is 1. The number of ether oxygens (including phenoxy) is 1. The van der Waals surface area contributed by atoms with Crippen molar-refractivity contribution in [3.63, 3.8) is 0 Å². The van der Waals surface area contributed by atoms with E-state index in [4.69, 9.17) is 4.74 Å². The predicted molar refractivity (Wildman–Crippen MR) is 79.3 cm³/mol. The van der Waals surface area contributed by atoms with E-state index in [-0.39, 0.29) is 6.09 Å². The van der Waals surface area contributed by atoms with E-state index in [1.54, 1.807) is 16.2 Å². The van der Waals surface area contributed by atoms with Gasteiger partial charge in [-0.2, -0.15) is 0 Å². The lowest BCUT2D eigenvalue weighted by atomic mass is 10.2. The Labute approximate surface area is 121 Å². The van der Waals surface area contributed by atoms with Gasteiger partial charge in [-0.15, -0.1) is 11.3 Å². The van der Waals surface area contributed by atoms with E-state index in [1.807, 2.05) is 6.92 Å². The number of hydrogen-bond donors (Lipinski definition) is 0. The van der Waals surface area contributed by atoms with Crippen molar-refractivity contribution < 1.29 is 9.53 Å². The Bertz CT molecular complexity index is 392. The minimum Gasteiger partial charge on any atom is -0.450 e. The lowest BCUT2D eigenvalue weighted by Gasteiger charge is -2.20. The Balaban J connectivity index is 2.56. The quantitative estimate of drug-likeness (QED) is 0.779. The van der Waals surface area contributed by atoms with Crippen molar-refractivity contribution in [3.05, 3.63) is 20.3 Å². The van der Waals surface area contributed by atoms with Gasteiger partial charge in [-0.1, -0.05) is 6.92 Å². The van der Waals surface area contributed by atoms with Gasteiger partial charge in [0.05, 0.1) is 10.4 Å². The zero-order chi connectivity index (χ0) is 13.5. The lowest BCUT2D eigenvalue weighted by molar-refractivity contribution is 0.107. The van der Waals surface area contributed by atoms with E-state index in [0.717, 1.165) is 29.7 Å². The number of carbonyl (C=O) groups is 1. The summed E-state index contributed by atoms with van der Waals surface area (Å²) in [5.41, 5.74) is 1.28. The second-order valence-electron chi connectivity index (χ2n) is 4.09. The van der Waals surface area contributed by atoms with Crippen molar-refractivity contribution >= 4 is 33.4 Å². The van der Waals surface area contributed by atoms with Crippen LogP contribution < -0.4 is 0 Å². The van der Waals surface area contributed by atoms with Gasteiger partial charge in [-0.25, -0.2) is 4.79 Å². The molecule has 18 heavy (non-hydrogen) atoms. The Hall–Kier alpha value is -0.550. The first-order chi connectivity index (χ1) is 8.58. The summed E-state index contributed by atoms with van der Waals surface area (Å²) < 4.78 is 6.21. The molecule has 0 aliphatic carbocycles. The van der Waals surface area contributed by atoms with E-state index < -0.39 is 0 Å².